The first-order valence-electron chi connectivity index (χ1n) is 15.6. The van der Waals surface area contributed by atoms with E-state index in [1.54, 1.807) is 4.90 Å². The average Bonchev–Trinajstić information content (AvgIpc) is 3.68. The van der Waals surface area contributed by atoms with E-state index in [2.05, 4.69) is 10.3 Å². The Kier molecular flexibility index (Phi) is 10.1. The highest BCUT2D eigenvalue weighted by atomic mass is 16.4. The SMILES string of the molecule is O=C(Cc1c[nH]c2ccccc12)N[C@@H](Cc1ccccc1)C(=O)N(CCC1CCCCC1)CC(=O)N1CCC[C@@H]1C(=O)O. The van der Waals surface area contributed by atoms with Crippen LogP contribution in [0.2, 0.25) is 0 Å². The van der Waals surface area contributed by atoms with Crippen LogP contribution >= 0.6 is 0 Å². The Bertz CT molecular complexity index is 1410. The molecule has 1 saturated carbocycles. The van der Waals surface area contributed by atoms with Crippen molar-refractivity contribution in [2.24, 2.45) is 5.92 Å². The number of nitrogens with zero attached hydrogens (tertiary/aromatic N) is 2. The Morgan fingerprint density at radius 2 is 1.70 bits per heavy atom. The summed E-state index contributed by atoms with van der Waals surface area (Å²) in [5.74, 6) is -1.47. The van der Waals surface area contributed by atoms with E-state index < -0.39 is 18.1 Å². The number of carboxylic acid groups (broad SMARTS) is 1. The van der Waals surface area contributed by atoms with Crippen molar-refractivity contribution in [3.8, 4) is 0 Å². The molecule has 2 fully saturated rings. The Morgan fingerprint density at radius 3 is 2.47 bits per heavy atom. The fraction of sp³-hybridized carbons (Fsp3) is 0.471. The van der Waals surface area contributed by atoms with E-state index in [0.29, 0.717) is 31.8 Å². The van der Waals surface area contributed by atoms with Crippen molar-refractivity contribution in [3.63, 3.8) is 0 Å². The molecule has 3 amide bonds. The second-order valence-corrected chi connectivity index (χ2v) is 12.0. The highest BCUT2D eigenvalue weighted by Gasteiger charge is 2.36. The van der Waals surface area contributed by atoms with E-state index in [4.69, 9.17) is 0 Å². The molecule has 2 atom stereocenters. The van der Waals surface area contributed by atoms with Crippen LogP contribution in [0.4, 0.5) is 0 Å². The molecule has 9 heteroatoms. The number of hydrogen-bond acceptors (Lipinski definition) is 4. The number of likely N-dealkylation sites (tertiary alicyclic amines) is 1. The Labute approximate surface area is 252 Å². The summed E-state index contributed by atoms with van der Waals surface area (Å²) in [4.78, 5) is 59.0. The summed E-state index contributed by atoms with van der Waals surface area (Å²) in [5.41, 5.74) is 2.69. The van der Waals surface area contributed by atoms with Gasteiger partial charge in [-0.25, -0.2) is 4.79 Å². The molecule has 9 nitrogen and oxygen atoms in total. The van der Waals surface area contributed by atoms with E-state index in [-0.39, 0.29) is 37.1 Å². The van der Waals surface area contributed by atoms with Crippen molar-refractivity contribution in [1.29, 1.82) is 0 Å². The highest BCUT2D eigenvalue weighted by molar-refractivity contribution is 5.94. The first-order chi connectivity index (χ1) is 20.9. The molecule has 2 heterocycles. The maximum Gasteiger partial charge on any atom is 0.326 e. The molecule has 3 N–H and O–H groups in total. The average molecular weight is 587 g/mol. The maximum absolute atomic E-state index is 14.3. The van der Waals surface area contributed by atoms with Gasteiger partial charge in [-0.1, -0.05) is 80.6 Å². The van der Waals surface area contributed by atoms with Crippen LogP contribution in [-0.2, 0) is 32.0 Å². The second-order valence-electron chi connectivity index (χ2n) is 12.0. The molecule has 3 aromatic rings. The lowest BCUT2D eigenvalue weighted by Gasteiger charge is -2.32. The maximum atomic E-state index is 14.3. The molecule has 0 radical (unpaired) electrons. The highest BCUT2D eigenvalue weighted by Crippen LogP contribution is 2.27. The van der Waals surface area contributed by atoms with Gasteiger partial charge in [0, 0.05) is 36.6 Å². The minimum atomic E-state index is -1.02. The molecule has 1 aliphatic heterocycles. The van der Waals surface area contributed by atoms with Crippen LogP contribution in [0.1, 0.15) is 62.5 Å². The van der Waals surface area contributed by atoms with Crippen molar-refractivity contribution in [3.05, 3.63) is 71.9 Å². The zero-order valence-electron chi connectivity index (χ0n) is 24.7. The van der Waals surface area contributed by atoms with Gasteiger partial charge in [-0.15, -0.1) is 0 Å². The summed E-state index contributed by atoms with van der Waals surface area (Å²) in [6.45, 7) is 0.568. The van der Waals surface area contributed by atoms with Crippen LogP contribution < -0.4 is 5.32 Å². The van der Waals surface area contributed by atoms with Crippen molar-refractivity contribution in [2.75, 3.05) is 19.6 Å². The lowest BCUT2D eigenvalue weighted by atomic mass is 9.87. The van der Waals surface area contributed by atoms with Gasteiger partial charge in [-0.3, -0.25) is 14.4 Å². The predicted molar refractivity (Wildman–Crippen MR) is 164 cm³/mol. The Balaban J connectivity index is 1.35. The quantitative estimate of drug-likeness (QED) is 0.292. The number of nitrogens with one attached hydrogen (secondary N) is 2. The van der Waals surface area contributed by atoms with Crippen LogP contribution in [0.5, 0.6) is 0 Å². The number of aromatic amines is 1. The van der Waals surface area contributed by atoms with Gasteiger partial charge >= 0.3 is 5.97 Å². The number of carbonyl (C=O) groups is 4. The first kappa shape index (κ1) is 30.3. The number of carbonyl (C=O) groups excluding carboxylic acids is 3. The smallest absolute Gasteiger partial charge is 0.326 e. The van der Waals surface area contributed by atoms with Crippen molar-refractivity contribution in [1.82, 2.24) is 20.1 Å². The molecule has 228 valence electrons. The molecule has 43 heavy (non-hydrogen) atoms. The van der Waals surface area contributed by atoms with E-state index in [0.717, 1.165) is 41.3 Å². The Morgan fingerprint density at radius 1 is 0.953 bits per heavy atom. The van der Waals surface area contributed by atoms with Gasteiger partial charge in [-0.2, -0.15) is 0 Å². The normalized spacial score (nSPS) is 18.0. The number of hydrogen-bond donors (Lipinski definition) is 3. The summed E-state index contributed by atoms with van der Waals surface area (Å²) >= 11 is 0. The third-order valence-corrected chi connectivity index (χ3v) is 8.97. The molecule has 2 aliphatic rings. The molecule has 2 aromatic carbocycles. The number of amides is 3. The third-order valence-electron chi connectivity index (χ3n) is 8.97. The molecule has 5 rings (SSSR count). The molecule has 1 aromatic heterocycles. The van der Waals surface area contributed by atoms with Crippen LogP contribution in [0.15, 0.2) is 60.8 Å². The van der Waals surface area contributed by atoms with Gasteiger partial charge in [0.1, 0.15) is 12.1 Å². The number of H-pyrrole nitrogens is 1. The summed E-state index contributed by atoms with van der Waals surface area (Å²) in [7, 11) is 0. The predicted octanol–water partition coefficient (Wildman–Crippen LogP) is 4.31. The first-order valence-corrected chi connectivity index (χ1v) is 15.6. The van der Waals surface area contributed by atoms with Crippen molar-refractivity contribution in [2.45, 2.75) is 76.3 Å². The van der Waals surface area contributed by atoms with Crippen molar-refractivity contribution < 1.29 is 24.3 Å². The lowest BCUT2D eigenvalue weighted by Crippen LogP contribution is -2.54. The third kappa shape index (κ3) is 7.83. The number of aliphatic carboxylic acids is 1. The largest absolute Gasteiger partial charge is 0.480 e. The monoisotopic (exact) mass is 586 g/mol. The van der Waals surface area contributed by atoms with Crippen LogP contribution in [-0.4, -0.2) is 75.3 Å². The zero-order chi connectivity index (χ0) is 30.2. The van der Waals surface area contributed by atoms with Gasteiger partial charge in [0.15, 0.2) is 0 Å². The minimum absolute atomic E-state index is 0.109. The lowest BCUT2D eigenvalue weighted by molar-refractivity contribution is -0.150. The van der Waals surface area contributed by atoms with Gasteiger partial charge in [0.25, 0.3) is 0 Å². The summed E-state index contributed by atoms with van der Waals surface area (Å²) in [6, 6.07) is 15.6. The second kappa shape index (κ2) is 14.4. The van der Waals surface area contributed by atoms with E-state index in [1.807, 2.05) is 60.8 Å². The summed E-state index contributed by atoms with van der Waals surface area (Å²) < 4.78 is 0. The number of carboxylic acids is 1. The molecular weight excluding hydrogens is 544 g/mol. The van der Waals surface area contributed by atoms with E-state index in [9.17, 15) is 24.3 Å². The summed E-state index contributed by atoms with van der Waals surface area (Å²) in [5, 5.41) is 13.6. The number of benzene rings is 2. The van der Waals surface area contributed by atoms with Gasteiger partial charge in [0.2, 0.25) is 17.7 Å². The van der Waals surface area contributed by atoms with E-state index >= 15 is 0 Å². The van der Waals surface area contributed by atoms with Gasteiger partial charge in [0.05, 0.1) is 13.0 Å². The Hall–Kier alpha value is -4.14. The standard InChI is InChI=1S/C34H42N4O5/c39-31(21-26-22-35-28-15-8-7-14-27(26)28)36-29(20-25-12-5-2-6-13-25)33(41)37(19-17-24-10-3-1-4-11-24)23-32(40)38-18-9-16-30(38)34(42)43/h2,5-8,12-15,22,24,29-30,35H,1,3-4,9-11,16-21,23H2,(H,36,39)(H,42,43)/t29-,30+/m0/s1. The van der Waals surface area contributed by atoms with Crippen LogP contribution in [0, 0.1) is 5.92 Å². The fourth-order valence-corrected chi connectivity index (χ4v) is 6.62. The molecule has 1 aliphatic carbocycles. The fourth-order valence-electron chi connectivity index (χ4n) is 6.62. The van der Waals surface area contributed by atoms with E-state index in [1.165, 1.54) is 24.2 Å². The van der Waals surface area contributed by atoms with Crippen LogP contribution in [0.3, 0.4) is 0 Å². The minimum Gasteiger partial charge on any atom is -0.480 e. The molecular formula is C34H42N4O5. The molecule has 1 saturated heterocycles. The number of aromatic nitrogens is 1. The molecule has 0 spiro atoms. The van der Waals surface area contributed by atoms with Gasteiger partial charge < -0.3 is 25.2 Å². The van der Waals surface area contributed by atoms with Gasteiger partial charge in [-0.05, 0) is 42.4 Å². The molecule has 0 unspecified atom stereocenters. The molecule has 0 bridgehead atoms. The summed E-state index contributed by atoms with van der Waals surface area (Å²) in [6.07, 6.45) is 9.83. The van der Waals surface area contributed by atoms with Crippen LogP contribution in [0.25, 0.3) is 10.9 Å². The van der Waals surface area contributed by atoms with Crippen molar-refractivity contribution >= 4 is 34.6 Å². The topological polar surface area (TPSA) is 123 Å². The number of rotatable bonds is 12. The zero-order valence-corrected chi connectivity index (χ0v) is 24.7. The number of para-hydroxylation sites is 1. The number of fused-ring (bicyclic) bond motifs is 1.